The number of rotatable bonds is 10. The minimum absolute atomic E-state index is 0.0132. The highest BCUT2D eigenvalue weighted by Crippen LogP contribution is 2.34. The number of likely N-dealkylation sites (N-methyl/N-ethyl adjacent to an activating group) is 1. The molecule has 3 rings (SSSR count). The topological polar surface area (TPSA) is 75.1 Å². The summed E-state index contributed by atoms with van der Waals surface area (Å²) in [5, 5.41) is 6.41. The fourth-order valence-corrected chi connectivity index (χ4v) is 3.57. The Bertz CT molecular complexity index is 884. The van der Waals surface area contributed by atoms with Gasteiger partial charge in [-0.25, -0.2) is 0 Å². The molecule has 1 aliphatic heterocycles. The van der Waals surface area contributed by atoms with Gasteiger partial charge < -0.3 is 25.2 Å². The van der Waals surface area contributed by atoms with Crippen molar-refractivity contribution in [2.75, 3.05) is 52.8 Å². The standard InChI is InChI=1S/C23H30N4O3/c1-26(2)14-12-24-22(28)17-8-6-9-18(16-17)25-21-19-10-4-5-11-20(19)23(29)27(21)13-7-15-30-3/h4-6,8-11,16,21,25H,7,12-15H2,1-3H3,(H,24,28)/p+1/t21-/m1/s1. The molecule has 0 saturated heterocycles. The minimum atomic E-state index is -0.277. The summed E-state index contributed by atoms with van der Waals surface area (Å²) in [6, 6.07) is 15.1. The van der Waals surface area contributed by atoms with Crippen molar-refractivity contribution in [2.24, 2.45) is 0 Å². The Morgan fingerprint density at radius 3 is 2.73 bits per heavy atom. The number of amides is 2. The predicted molar refractivity (Wildman–Crippen MR) is 117 cm³/mol. The first-order chi connectivity index (χ1) is 14.5. The number of anilines is 1. The highest BCUT2D eigenvalue weighted by Gasteiger charge is 2.36. The summed E-state index contributed by atoms with van der Waals surface area (Å²) in [5.74, 6) is -0.0842. The molecule has 1 aliphatic rings. The molecule has 0 fully saturated rings. The summed E-state index contributed by atoms with van der Waals surface area (Å²) in [5.41, 5.74) is 3.06. The van der Waals surface area contributed by atoms with E-state index in [2.05, 4.69) is 24.7 Å². The van der Waals surface area contributed by atoms with Crippen LogP contribution in [0.25, 0.3) is 0 Å². The quantitative estimate of drug-likeness (QED) is 0.513. The summed E-state index contributed by atoms with van der Waals surface area (Å²) in [6.45, 7) is 2.67. The molecule has 0 spiro atoms. The van der Waals surface area contributed by atoms with Gasteiger partial charge in [0, 0.05) is 42.6 Å². The maximum absolute atomic E-state index is 12.9. The molecule has 0 aromatic heterocycles. The summed E-state index contributed by atoms with van der Waals surface area (Å²) < 4.78 is 5.15. The molecule has 0 saturated carbocycles. The van der Waals surface area contributed by atoms with E-state index in [-0.39, 0.29) is 18.0 Å². The molecule has 2 aromatic rings. The van der Waals surface area contributed by atoms with Crippen molar-refractivity contribution >= 4 is 17.5 Å². The van der Waals surface area contributed by atoms with E-state index in [0.717, 1.165) is 24.2 Å². The first kappa shape index (κ1) is 21.8. The first-order valence-electron chi connectivity index (χ1n) is 10.3. The lowest BCUT2D eigenvalue weighted by Crippen LogP contribution is -3.06. The van der Waals surface area contributed by atoms with E-state index in [4.69, 9.17) is 4.74 Å². The highest BCUT2D eigenvalue weighted by atomic mass is 16.5. The first-order valence-corrected chi connectivity index (χ1v) is 10.3. The Labute approximate surface area is 178 Å². The number of hydrogen-bond donors (Lipinski definition) is 3. The summed E-state index contributed by atoms with van der Waals surface area (Å²) in [4.78, 5) is 28.5. The second-order valence-corrected chi connectivity index (χ2v) is 7.77. The normalized spacial score (nSPS) is 15.4. The van der Waals surface area contributed by atoms with Gasteiger partial charge >= 0.3 is 0 Å². The number of methoxy groups -OCH3 is 1. The summed E-state index contributed by atoms with van der Waals surface area (Å²) in [7, 11) is 5.76. The Balaban J connectivity index is 1.76. The van der Waals surface area contributed by atoms with Gasteiger partial charge in [0.05, 0.1) is 27.2 Å². The highest BCUT2D eigenvalue weighted by molar-refractivity contribution is 5.99. The van der Waals surface area contributed by atoms with Crippen molar-refractivity contribution in [3.05, 3.63) is 65.2 Å². The Hall–Kier alpha value is -2.90. The van der Waals surface area contributed by atoms with Gasteiger partial charge in [-0.1, -0.05) is 24.3 Å². The van der Waals surface area contributed by atoms with Gasteiger partial charge in [0.15, 0.2) is 0 Å². The second kappa shape index (κ2) is 10.2. The molecule has 160 valence electrons. The third-order valence-electron chi connectivity index (χ3n) is 5.14. The van der Waals surface area contributed by atoms with Gasteiger partial charge in [0.25, 0.3) is 11.8 Å². The molecule has 1 atom stereocenters. The van der Waals surface area contributed by atoms with Crippen LogP contribution in [0.15, 0.2) is 48.5 Å². The molecule has 1 heterocycles. The SMILES string of the molecule is COCCCN1C(=O)c2ccccc2[C@@H]1Nc1cccc(C(=O)NCC[NH+](C)C)c1. The van der Waals surface area contributed by atoms with E-state index in [1.54, 1.807) is 13.2 Å². The van der Waals surface area contributed by atoms with E-state index in [1.165, 1.54) is 4.90 Å². The molecule has 0 radical (unpaired) electrons. The number of hydrogen-bond acceptors (Lipinski definition) is 4. The van der Waals surface area contributed by atoms with Crippen molar-refractivity contribution < 1.29 is 19.2 Å². The van der Waals surface area contributed by atoms with Crippen LogP contribution >= 0.6 is 0 Å². The molecule has 0 unspecified atom stereocenters. The number of nitrogens with one attached hydrogen (secondary N) is 3. The summed E-state index contributed by atoms with van der Waals surface area (Å²) >= 11 is 0. The Morgan fingerprint density at radius 1 is 1.17 bits per heavy atom. The van der Waals surface area contributed by atoms with Crippen LogP contribution in [0.1, 0.15) is 38.9 Å². The second-order valence-electron chi connectivity index (χ2n) is 7.77. The predicted octanol–water partition coefficient (Wildman–Crippen LogP) is 1.16. The molecule has 30 heavy (non-hydrogen) atoms. The van der Waals surface area contributed by atoms with Crippen LogP contribution in [-0.4, -0.2) is 64.2 Å². The zero-order chi connectivity index (χ0) is 21.5. The van der Waals surface area contributed by atoms with Crippen LogP contribution in [0.2, 0.25) is 0 Å². The maximum Gasteiger partial charge on any atom is 0.256 e. The Kier molecular flexibility index (Phi) is 7.43. The molecule has 3 N–H and O–H groups in total. The number of carbonyl (C=O) groups excluding carboxylic acids is 2. The van der Waals surface area contributed by atoms with E-state index in [1.807, 2.05) is 47.4 Å². The van der Waals surface area contributed by atoms with Gasteiger partial charge in [0.2, 0.25) is 0 Å². The number of quaternary nitrogens is 1. The average Bonchev–Trinajstić information content (AvgIpc) is 3.00. The zero-order valence-electron chi connectivity index (χ0n) is 17.9. The van der Waals surface area contributed by atoms with E-state index in [9.17, 15) is 9.59 Å². The lowest BCUT2D eigenvalue weighted by Gasteiger charge is -2.27. The lowest BCUT2D eigenvalue weighted by molar-refractivity contribution is -0.856. The molecule has 0 aliphatic carbocycles. The monoisotopic (exact) mass is 411 g/mol. The molecule has 7 heteroatoms. The van der Waals surface area contributed by atoms with Gasteiger partial charge in [-0.3, -0.25) is 9.59 Å². The zero-order valence-corrected chi connectivity index (χ0v) is 17.9. The van der Waals surface area contributed by atoms with Crippen LogP contribution in [0, 0.1) is 0 Å². The van der Waals surface area contributed by atoms with Gasteiger partial charge in [-0.15, -0.1) is 0 Å². The van der Waals surface area contributed by atoms with Crippen LogP contribution < -0.4 is 15.5 Å². The fourth-order valence-electron chi connectivity index (χ4n) is 3.57. The van der Waals surface area contributed by atoms with Crippen molar-refractivity contribution in [1.82, 2.24) is 10.2 Å². The van der Waals surface area contributed by atoms with Crippen LogP contribution in [-0.2, 0) is 4.74 Å². The number of carbonyl (C=O) groups is 2. The van der Waals surface area contributed by atoms with Crippen LogP contribution in [0.5, 0.6) is 0 Å². The maximum atomic E-state index is 12.9. The lowest BCUT2D eigenvalue weighted by atomic mass is 10.1. The van der Waals surface area contributed by atoms with Crippen molar-refractivity contribution in [1.29, 1.82) is 0 Å². The average molecular weight is 412 g/mol. The molecular weight excluding hydrogens is 380 g/mol. The molecule has 0 bridgehead atoms. The molecular formula is C23H31N4O3+. The largest absolute Gasteiger partial charge is 0.385 e. The summed E-state index contributed by atoms with van der Waals surface area (Å²) in [6.07, 6.45) is 0.478. The number of fused-ring (bicyclic) bond motifs is 1. The number of nitrogens with zero attached hydrogens (tertiary/aromatic N) is 1. The van der Waals surface area contributed by atoms with Crippen molar-refractivity contribution in [2.45, 2.75) is 12.6 Å². The molecule has 7 nitrogen and oxygen atoms in total. The minimum Gasteiger partial charge on any atom is -0.385 e. The number of ether oxygens (including phenoxy) is 1. The van der Waals surface area contributed by atoms with Crippen molar-refractivity contribution in [3.8, 4) is 0 Å². The number of benzene rings is 2. The third kappa shape index (κ3) is 5.17. The van der Waals surface area contributed by atoms with E-state index >= 15 is 0 Å². The van der Waals surface area contributed by atoms with E-state index in [0.29, 0.717) is 30.8 Å². The smallest absolute Gasteiger partial charge is 0.256 e. The molecule has 2 amide bonds. The van der Waals surface area contributed by atoms with Crippen LogP contribution in [0.3, 0.4) is 0 Å². The van der Waals surface area contributed by atoms with Gasteiger partial charge in [0.1, 0.15) is 6.17 Å². The third-order valence-corrected chi connectivity index (χ3v) is 5.14. The van der Waals surface area contributed by atoms with Gasteiger partial charge in [-0.2, -0.15) is 0 Å². The van der Waals surface area contributed by atoms with E-state index < -0.39 is 0 Å². The fraction of sp³-hybridized carbons (Fsp3) is 0.391. The Morgan fingerprint density at radius 2 is 1.97 bits per heavy atom. The molecule has 2 aromatic carbocycles. The van der Waals surface area contributed by atoms with Gasteiger partial charge in [-0.05, 0) is 30.7 Å². The van der Waals surface area contributed by atoms with Crippen molar-refractivity contribution in [3.63, 3.8) is 0 Å². The van der Waals surface area contributed by atoms with Crippen LogP contribution in [0.4, 0.5) is 5.69 Å².